The van der Waals surface area contributed by atoms with Gasteiger partial charge in [-0.15, -0.1) is 0 Å². The van der Waals surface area contributed by atoms with Gasteiger partial charge in [-0.1, -0.05) is 54.2 Å². The Bertz CT molecular complexity index is 1200. The van der Waals surface area contributed by atoms with E-state index in [1.807, 2.05) is 30.3 Å². The number of carbonyl (C=O) groups excluding carboxylic acids is 3. The molecule has 0 radical (unpaired) electrons. The molecule has 166 valence electrons. The molecule has 0 saturated heterocycles. The van der Waals surface area contributed by atoms with Gasteiger partial charge in [-0.25, -0.2) is 9.78 Å². The Morgan fingerprint density at radius 1 is 1.09 bits per heavy atom. The van der Waals surface area contributed by atoms with Gasteiger partial charge in [-0.3, -0.25) is 24.3 Å². The molecular weight excluding hydrogens is 432 g/mol. The molecule has 32 heavy (non-hydrogen) atoms. The molecule has 0 fully saturated rings. The highest BCUT2D eigenvalue weighted by molar-refractivity contribution is 8.00. The number of methoxy groups -OCH3 is 1. The summed E-state index contributed by atoms with van der Waals surface area (Å²) in [6.45, 7) is 1.50. The number of esters is 1. The average Bonchev–Trinajstić information content (AvgIpc) is 2.80. The fourth-order valence-corrected chi connectivity index (χ4v) is 3.73. The van der Waals surface area contributed by atoms with Crippen molar-refractivity contribution in [2.45, 2.75) is 30.4 Å². The van der Waals surface area contributed by atoms with Crippen LogP contribution in [0, 0.1) is 0 Å². The first-order chi connectivity index (χ1) is 15.4. The number of rotatable bonds is 7. The fourth-order valence-electron chi connectivity index (χ4n) is 2.82. The summed E-state index contributed by atoms with van der Waals surface area (Å²) in [5, 5.41) is 4.64. The summed E-state index contributed by atoms with van der Waals surface area (Å²) >= 11 is 0.968. The van der Waals surface area contributed by atoms with Gasteiger partial charge >= 0.3 is 12.0 Å². The third kappa shape index (κ3) is 5.73. The van der Waals surface area contributed by atoms with Gasteiger partial charge < -0.3 is 10.1 Å². The molecule has 1 aromatic heterocycles. The molecule has 10 heteroatoms. The van der Waals surface area contributed by atoms with Crippen LogP contribution >= 0.6 is 11.8 Å². The number of thioether (sulfide) groups is 1. The first kappa shape index (κ1) is 23.0. The number of hydrogen-bond acceptors (Lipinski definition) is 7. The van der Waals surface area contributed by atoms with Crippen molar-refractivity contribution in [1.82, 2.24) is 20.2 Å². The third-order valence-corrected chi connectivity index (χ3v) is 5.62. The van der Waals surface area contributed by atoms with Crippen LogP contribution in [0.4, 0.5) is 4.79 Å². The lowest BCUT2D eigenvalue weighted by molar-refractivity contribution is -0.141. The minimum atomic E-state index is -0.769. The zero-order valence-corrected chi connectivity index (χ0v) is 18.3. The maximum absolute atomic E-state index is 12.9. The highest BCUT2D eigenvalue weighted by Crippen LogP contribution is 2.22. The Hall–Kier alpha value is -3.66. The van der Waals surface area contributed by atoms with E-state index in [9.17, 15) is 19.2 Å². The molecule has 0 saturated carbocycles. The van der Waals surface area contributed by atoms with Crippen LogP contribution in [0.2, 0.25) is 0 Å². The normalized spacial score (nSPS) is 11.6. The second-order valence-electron chi connectivity index (χ2n) is 6.80. The van der Waals surface area contributed by atoms with Crippen LogP contribution < -0.4 is 16.2 Å². The molecule has 0 aliphatic heterocycles. The van der Waals surface area contributed by atoms with Gasteiger partial charge in [0.15, 0.2) is 5.16 Å². The lowest BCUT2D eigenvalue weighted by Crippen LogP contribution is -2.42. The predicted octanol–water partition coefficient (Wildman–Crippen LogP) is 2.08. The number of fused-ring (bicyclic) bond motifs is 1. The Balaban J connectivity index is 1.73. The Labute approximate surface area is 188 Å². The smallest absolute Gasteiger partial charge is 0.325 e. The minimum absolute atomic E-state index is 0.173. The number of nitrogens with one attached hydrogen (secondary N) is 2. The molecule has 1 heterocycles. The topological polar surface area (TPSA) is 119 Å². The van der Waals surface area contributed by atoms with Crippen LogP contribution in [-0.2, 0) is 27.4 Å². The van der Waals surface area contributed by atoms with Crippen molar-refractivity contribution in [1.29, 1.82) is 0 Å². The van der Waals surface area contributed by atoms with Crippen LogP contribution in [0.25, 0.3) is 10.9 Å². The van der Waals surface area contributed by atoms with E-state index in [4.69, 9.17) is 0 Å². The predicted molar refractivity (Wildman–Crippen MR) is 120 cm³/mol. The second kappa shape index (κ2) is 10.6. The van der Waals surface area contributed by atoms with Crippen molar-refractivity contribution < 1.29 is 19.1 Å². The lowest BCUT2D eigenvalue weighted by Gasteiger charge is -2.15. The van der Waals surface area contributed by atoms with Crippen molar-refractivity contribution in [2.24, 2.45) is 0 Å². The second-order valence-corrected chi connectivity index (χ2v) is 8.10. The number of nitrogens with zero attached hydrogens (tertiary/aromatic N) is 2. The Morgan fingerprint density at radius 3 is 2.50 bits per heavy atom. The van der Waals surface area contributed by atoms with Gasteiger partial charge in [0, 0.05) is 6.54 Å². The molecule has 0 bridgehead atoms. The number of benzene rings is 2. The zero-order valence-electron chi connectivity index (χ0n) is 17.5. The van der Waals surface area contributed by atoms with Crippen LogP contribution in [0.3, 0.4) is 0 Å². The van der Waals surface area contributed by atoms with Crippen LogP contribution in [0.1, 0.15) is 12.5 Å². The van der Waals surface area contributed by atoms with Crippen molar-refractivity contribution >= 4 is 40.6 Å². The van der Waals surface area contributed by atoms with Crippen molar-refractivity contribution in [3.8, 4) is 0 Å². The molecule has 1 unspecified atom stereocenters. The number of aromatic nitrogens is 2. The third-order valence-electron chi connectivity index (χ3n) is 4.53. The summed E-state index contributed by atoms with van der Waals surface area (Å²) in [5.74, 6) is -1.18. The molecule has 2 aromatic carbocycles. The highest BCUT2D eigenvalue weighted by Gasteiger charge is 2.22. The molecule has 3 rings (SSSR count). The molecule has 3 amide bonds. The van der Waals surface area contributed by atoms with Crippen molar-refractivity contribution in [3.63, 3.8) is 0 Å². The quantitative estimate of drug-likeness (QED) is 0.319. The minimum Gasteiger partial charge on any atom is -0.468 e. The van der Waals surface area contributed by atoms with Crippen molar-refractivity contribution in [2.75, 3.05) is 7.11 Å². The fraction of sp³-hybridized carbons (Fsp3) is 0.227. The van der Waals surface area contributed by atoms with Gasteiger partial charge in [0.2, 0.25) is 5.91 Å². The molecular formula is C22H22N4O5S. The Morgan fingerprint density at radius 2 is 1.78 bits per heavy atom. The van der Waals surface area contributed by atoms with E-state index in [1.54, 1.807) is 31.2 Å². The standard InChI is InChI=1S/C22H22N4O5S/c1-14(19(28)25-21(30)23-12-15-8-4-3-5-9-15)32-22-24-17-11-7-6-10-16(17)20(29)26(22)13-18(27)31-2/h3-11,14H,12-13H2,1-2H3,(H2,23,25,28,30). The first-order valence-corrected chi connectivity index (χ1v) is 10.6. The van der Waals surface area contributed by atoms with Gasteiger partial charge in [0.25, 0.3) is 5.56 Å². The van der Waals surface area contributed by atoms with E-state index in [2.05, 4.69) is 20.4 Å². The molecule has 0 aliphatic rings. The highest BCUT2D eigenvalue weighted by atomic mass is 32.2. The number of amides is 3. The van der Waals surface area contributed by atoms with Gasteiger partial charge in [-0.2, -0.15) is 0 Å². The summed E-state index contributed by atoms with van der Waals surface area (Å²) < 4.78 is 5.84. The van der Waals surface area contributed by atoms with Gasteiger partial charge in [-0.05, 0) is 24.6 Å². The lowest BCUT2D eigenvalue weighted by atomic mass is 10.2. The van der Waals surface area contributed by atoms with E-state index in [-0.39, 0.29) is 18.2 Å². The largest absolute Gasteiger partial charge is 0.468 e. The number of carbonyl (C=O) groups is 3. The monoisotopic (exact) mass is 454 g/mol. The average molecular weight is 455 g/mol. The maximum atomic E-state index is 12.9. The van der Waals surface area contributed by atoms with Crippen molar-refractivity contribution in [3.05, 3.63) is 70.5 Å². The molecule has 2 N–H and O–H groups in total. The number of ether oxygens (including phenoxy) is 1. The summed E-state index contributed by atoms with van der Waals surface area (Å²) in [5.41, 5.74) is 0.913. The van der Waals surface area contributed by atoms with E-state index < -0.39 is 28.7 Å². The number of hydrogen-bond donors (Lipinski definition) is 2. The summed E-state index contributed by atoms with van der Waals surface area (Å²) in [4.78, 5) is 53.7. The number of imide groups is 1. The molecule has 1 atom stereocenters. The molecule has 9 nitrogen and oxygen atoms in total. The molecule has 3 aromatic rings. The zero-order chi connectivity index (χ0) is 23.1. The van der Waals surface area contributed by atoms with Gasteiger partial charge in [0.1, 0.15) is 6.54 Å². The summed E-state index contributed by atoms with van der Waals surface area (Å²) in [6, 6.07) is 15.4. The number of para-hydroxylation sites is 1. The van der Waals surface area contributed by atoms with Crippen LogP contribution in [0.5, 0.6) is 0 Å². The van der Waals surface area contributed by atoms with E-state index in [0.29, 0.717) is 10.9 Å². The van der Waals surface area contributed by atoms with E-state index >= 15 is 0 Å². The molecule has 0 spiro atoms. The first-order valence-electron chi connectivity index (χ1n) is 9.74. The van der Waals surface area contributed by atoms with Crippen LogP contribution in [-0.4, -0.2) is 39.8 Å². The summed E-state index contributed by atoms with van der Waals surface area (Å²) in [6.07, 6.45) is 0. The maximum Gasteiger partial charge on any atom is 0.325 e. The van der Waals surface area contributed by atoms with E-state index in [0.717, 1.165) is 21.9 Å². The Kier molecular flexibility index (Phi) is 7.61. The van der Waals surface area contributed by atoms with E-state index in [1.165, 1.54) is 7.11 Å². The number of urea groups is 1. The SMILES string of the molecule is COC(=O)Cn1c(SC(C)C(=O)NC(=O)NCc2ccccc2)nc2ccccc2c1=O. The molecule has 0 aliphatic carbocycles. The van der Waals surface area contributed by atoms with Crippen LogP contribution in [0.15, 0.2) is 64.5 Å². The summed E-state index contributed by atoms with van der Waals surface area (Å²) in [7, 11) is 1.22. The van der Waals surface area contributed by atoms with Gasteiger partial charge in [0.05, 0.1) is 23.3 Å².